The van der Waals surface area contributed by atoms with Gasteiger partial charge < -0.3 is 15.3 Å². The van der Waals surface area contributed by atoms with Crippen LogP contribution in [0.3, 0.4) is 0 Å². The van der Waals surface area contributed by atoms with E-state index in [1.54, 1.807) is 0 Å². The van der Waals surface area contributed by atoms with E-state index in [1.165, 1.54) is 17.5 Å². The molecular formula is C31H43N9O2. The summed E-state index contributed by atoms with van der Waals surface area (Å²) >= 11 is 0. The predicted molar refractivity (Wildman–Crippen MR) is 164 cm³/mol. The average molecular weight is 574 g/mol. The minimum Gasteiger partial charge on any atom is -0.390 e. The van der Waals surface area contributed by atoms with Crippen molar-refractivity contribution in [3.05, 3.63) is 75.4 Å². The monoisotopic (exact) mass is 573 g/mol. The maximum absolute atomic E-state index is 11.9. The average Bonchev–Trinajstić information content (AvgIpc) is 3.38. The van der Waals surface area contributed by atoms with Gasteiger partial charge in [0, 0.05) is 63.2 Å². The van der Waals surface area contributed by atoms with E-state index in [0.717, 1.165) is 74.8 Å². The summed E-state index contributed by atoms with van der Waals surface area (Å²) in [5, 5.41) is 17.0. The second-order valence-electron chi connectivity index (χ2n) is 11.4. The van der Waals surface area contributed by atoms with Gasteiger partial charge in [-0.25, -0.2) is 4.98 Å². The number of pyridine rings is 1. The number of aromatic nitrogens is 2. The highest BCUT2D eigenvalue weighted by Crippen LogP contribution is 2.34. The molecule has 1 atom stereocenters. The molecule has 3 aromatic rings. The van der Waals surface area contributed by atoms with Crippen LogP contribution < -0.4 is 10.2 Å². The smallest absolute Gasteiger partial charge is 0.219 e. The zero-order valence-electron chi connectivity index (χ0n) is 24.7. The number of aliphatic hydroxyl groups is 1. The van der Waals surface area contributed by atoms with Gasteiger partial charge in [-0.3, -0.25) is 19.0 Å². The van der Waals surface area contributed by atoms with E-state index in [2.05, 4.69) is 77.9 Å². The summed E-state index contributed by atoms with van der Waals surface area (Å²) in [6, 6.07) is 15.4. The number of amides is 1. The first-order valence-electron chi connectivity index (χ1n) is 15.2. The topological polar surface area (TPSA) is 125 Å². The Balaban J connectivity index is 1.18. The number of nitrogens with one attached hydrogen (secondary N) is 1. The first-order valence-corrected chi connectivity index (χ1v) is 15.2. The molecule has 3 heterocycles. The summed E-state index contributed by atoms with van der Waals surface area (Å²) in [7, 11) is 2.18. The normalized spacial score (nSPS) is 17.3. The van der Waals surface area contributed by atoms with E-state index in [4.69, 9.17) is 10.5 Å². The van der Waals surface area contributed by atoms with Crippen molar-refractivity contribution in [2.24, 2.45) is 5.11 Å². The van der Waals surface area contributed by atoms with Crippen molar-refractivity contribution in [1.82, 2.24) is 24.5 Å². The molecule has 1 aliphatic heterocycles. The highest BCUT2D eigenvalue weighted by atomic mass is 16.3. The van der Waals surface area contributed by atoms with Crippen molar-refractivity contribution in [3.8, 4) is 0 Å². The molecule has 1 aliphatic carbocycles. The molecule has 0 unspecified atom stereocenters. The van der Waals surface area contributed by atoms with Gasteiger partial charge in [-0.1, -0.05) is 35.4 Å². The molecule has 224 valence electrons. The van der Waals surface area contributed by atoms with Crippen LogP contribution in [0, 0.1) is 0 Å². The molecule has 5 rings (SSSR count). The minimum atomic E-state index is -0.0557. The Morgan fingerprint density at radius 2 is 2.00 bits per heavy atom. The molecule has 1 saturated heterocycles. The van der Waals surface area contributed by atoms with Crippen LogP contribution in [0.15, 0.2) is 47.6 Å². The molecule has 2 aliphatic rings. The second kappa shape index (κ2) is 14.5. The molecule has 0 bridgehead atoms. The number of hydrogen-bond donors (Lipinski definition) is 2. The molecule has 2 aromatic heterocycles. The Bertz CT molecular complexity index is 1390. The number of aryl methyl sites for hydroxylation is 1. The number of rotatable bonds is 13. The summed E-state index contributed by atoms with van der Waals surface area (Å²) in [5.74, 6) is 1.09. The van der Waals surface area contributed by atoms with Gasteiger partial charge >= 0.3 is 0 Å². The molecule has 2 N–H and O–H groups in total. The maximum Gasteiger partial charge on any atom is 0.219 e. The summed E-state index contributed by atoms with van der Waals surface area (Å²) in [6.45, 7) is 6.24. The van der Waals surface area contributed by atoms with Crippen molar-refractivity contribution in [2.45, 2.75) is 57.7 Å². The lowest BCUT2D eigenvalue weighted by Crippen LogP contribution is -2.47. The number of benzene rings is 1. The van der Waals surface area contributed by atoms with Gasteiger partial charge in [0.15, 0.2) is 0 Å². The minimum absolute atomic E-state index is 0.00944. The van der Waals surface area contributed by atoms with Crippen LogP contribution in [0.25, 0.3) is 16.1 Å². The molecule has 1 aromatic carbocycles. The fourth-order valence-electron chi connectivity index (χ4n) is 6.42. The Morgan fingerprint density at radius 1 is 1.17 bits per heavy atom. The van der Waals surface area contributed by atoms with Crippen molar-refractivity contribution >= 4 is 17.4 Å². The van der Waals surface area contributed by atoms with Crippen LogP contribution in [-0.4, -0.2) is 83.1 Å². The Labute approximate surface area is 247 Å². The van der Waals surface area contributed by atoms with Crippen molar-refractivity contribution in [2.75, 3.05) is 57.8 Å². The summed E-state index contributed by atoms with van der Waals surface area (Å²) < 4.78 is 2.14. The van der Waals surface area contributed by atoms with Crippen LogP contribution in [-0.2, 0) is 24.4 Å². The number of anilines is 1. The van der Waals surface area contributed by atoms with Gasteiger partial charge in [0.1, 0.15) is 11.5 Å². The molecule has 0 spiro atoms. The first-order chi connectivity index (χ1) is 20.6. The summed E-state index contributed by atoms with van der Waals surface area (Å²) in [5.41, 5.74) is 13.9. The SMILES string of the molecule is CN(Cc1nc2cccc(N3CCN(CCCNC(=O)CCCN=[N+]=[N-])CC3)n2c1CO)[C@H]1CCCc2ccccc21. The highest BCUT2D eigenvalue weighted by molar-refractivity contribution is 5.75. The molecule has 11 heteroatoms. The van der Waals surface area contributed by atoms with Crippen LogP contribution in [0.4, 0.5) is 5.82 Å². The van der Waals surface area contributed by atoms with Crippen LogP contribution in [0.2, 0.25) is 0 Å². The number of azide groups is 1. The van der Waals surface area contributed by atoms with E-state index in [0.29, 0.717) is 38.5 Å². The van der Waals surface area contributed by atoms with Gasteiger partial charge in [-0.05, 0) is 74.5 Å². The lowest BCUT2D eigenvalue weighted by molar-refractivity contribution is -0.121. The van der Waals surface area contributed by atoms with E-state index in [1.807, 2.05) is 6.07 Å². The van der Waals surface area contributed by atoms with Crippen LogP contribution >= 0.6 is 0 Å². The van der Waals surface area contributed by atoms with Crippen molar-refractivity contribution in [3.63, 3.8) is 0 Å². The van der Waals surface area contributed by atoms with E-state index in [-0.39, 0.29) is 12.5 Å². The Hall–Kier alpha value is -3.63. The fourth-order valence-corrected chi connectivity index (χ4v) is 6.42. The highest BCUT2D eigenvalue weighted by Gasteiger charge is 2.26. The van der Waals surface area contributed by atoms with E-state index < -0.39 is 0 Å². The van der Waals surface area contributed by atoms with Gasteiger partial charge in [0.25, 0.3) is 0 Å². The standard InChI is InChI=1S/C31H43N9O2/c1-37(27-11-4-9-24-8-2-3-10-25(24)27)22-26-28(23-41)40-29(35-26)12-5-14-31(40)39-20-18-38(19-21-39)17-7-15-33-30(42)13-6-16-34-36-32/h2-3,5,8,10,12,14,27,41H,4,6-7,9,11,13,15-23H2,1H3,(H,33,42)/t27-/m0/s1. The zero-order chi connectivity index (χ0) is 29.3. The summed E-state index contributed by atoms with van der Waals surface area (Å²) in [6.07, 6.45) is 5.33. The molecular weight excluding hydrogens is 530 g/mol. The maximum atomic E-state index is 11.9. The van der Waals surface area contributed by atoms with Crippen molar-refractivity contribution in [1.29, 1.82) is 0 Å². The fraction of sp³-hybridized carbons (Fsp3) is 0.548. The van der Waals surface area contributed by atoms with Gasteiger partial charge in [0.05, 0.1) is 18.0 Å². The van der Waals surface area contributed by atoms with Gasteiger partial charge in [0.2, 0.25) is 5.91 Å². The largest absolute Gasteiger partial charge is 0.390 e. The number of hydrogen-bond acceptors (Lipinski definition) is 7. The number of fused-ring (bicyclic) bond motifs is 2. The molecule has 0 radical (unpaired) electrons. The number of piperazine rings is 1. The van der Waals surface area contributed by atoms with E-state index in [9.17, 15) is 9.90 Å². The van der Waals surface area contributed by atoms with Crippen molar-refractivity contribution < 1.29 is 9.90 Å². The molecule has 0 saturated carbocycles. The first kappa shape index (κ1) is 29.8. The number of imidazole rings is 1. The molecule has 1 fully saturated rings. The number of carbonyl (C=O) groups is 1. The number of aliphatic hydroxyl groups excluding tert-OH is 1. The third-order valence-corrected chi connectivity index (χ3v) is 8.61. The molecule has 1 amide bonds. The summed E-state index contributed by atoms with van der Waals surface area (Å²) in [4.78, 5) is 26.8. The quantitative estimate of drug-likeness (QED) is 0.138. The molecule has 11 nitrogen and oxygen atoms in total. The zero-order valence-corrected chi connectivity index (χ0v) is 24.7. The Kier molecular flexibility index (Phi) is 10.3. The van der Waals surface area contributed by atoms with Crippen LogP contribution in [0.1, 0.15) is 60.7 Å². The lowest BCUT2D eigenvalue weighted by atomic mass is 9.87. The second-order valence-corrected chi connectivity index (χ2v) is 11.4. The molecule has 42 heavy (non-hydrogen) atoms. The third kappa shape index (κ3) is 7.04. The Morgan fingerprint density at radius 3 is 2.81 bits per heavy atom. The van der Waals surface area contributed by atoms with Gasteiger partial charge in [-0.15, -0.1) is 0 Å². The lowest BCUT2D eigenvalue weighted by Gasteiger charge is -2.36. The van der Waals surface area contributed by atoms with E-state index >= 15 is 0 Å². The number of carbonyl (C=O) groups excluding carboxylic acids is 1. The van der Waals surface area contributed by atoms with Crippen LogP contribution in [0.5, 0.6) is 0 Å². The third-order valence-electron chi connectivity index (χ3n) is 8.61. The predicted octanol–water partition coefficient (Wildman–Crippen LogP) is 4.05. The number of nitrogens with zero attached hydrogens (tertiary/aromatic N) is 8. The van der Waals surface area contributed by atoms with Gasteiger partial charge in [-0.2, -0.15) is 0 Å².